The zero-order valence-electron chi connectivity index (χ0n) is 18.6. The number of aryl methyl sites for hydroxylation is 1. The first kappa shape index (κ1) is 22.4. The molecule has 7 nitrogen and oxygen atoms in total. The van der Waals surface area contributed by atoms with Crippen LogP contribution in [-0.4, -0.2) is 43.1 Å². The summed E-state index contributed by atoms with van der Waals surface area (Å²) >= 11 is 6.84. The number of amides is 1. The number of halogens is 1. The molecular formula is C24H29ClN4O3. The first-order valence-electron chi connectivity index (χ1n) is 10.8. The maximum atomic E-state index is 13.1. The third-order valence-electron chi connectivity index (χ3n) is 6.18. The van der Waals surface area contributed by atoms with Gasteiger partial charge in [-0.2, -0.15) is 0 Å². The zero-order chi connectivity index (χ0) is 22.9. The smallest absolute Gasteiger partial charge is 0.232 e. The lowest BCUT2D eigenvalue weighted by atomic mass is 9.85. The third-order valence-corrected chi connectivity index (χ3v) is 6.59. The summed E-state index contributed by atoms with van der Waals surface area (Å²) in [6.07, 6.45) is 1.69. The predicted octanol–water partition coefficient (Wildman–Crippen LogP) is 4.55. The van der Waals surface area contributed by atoms with Gasteiger partial charge in [0, 0.05) is 19.3 Å². The van der Waals surface area contributed by atoms with Crippen molar-refractivity contribution in [3.05, 3.63) is 52.5 Å². The van der Waals surface area contributed by atoms with Gasteiger partial charge in [-0.1, -0.05) is 29.8 Å². The highest BCUT2D eigenvalue weighted by Crippen LogP contribution is 2.40. The van der Waals surface area contributed by atoms with Gasteiger partial charge in [-0.15, -0.1) is 0 Å². The van der Waals surface area contributed by atoms with Crippen LogP contribution < -0.4 is 15.4 Å². The Kier molecular flexibility index (Phi) is 6.31. The van der Waals surface area contributed by atoms with Crippen molar-refractivity contribution >= 4 is 34.8 Å². The lowest BCUT2D eigenvalue weighted by Gasteiger charge is -2.45. The average Bonchev–Trinajstić information content (AvgIpc) is 2.75. The Morgan fingerprint density at radius 2 is 2.00 bits per heavy atom. The second-order valence-electron chi connectivity index (χ2n) is 8.59. The average molecular weight is 457 g/mol. The lowest BCUT2D eigenvalue weighted by molar-refractivity contribution is -0.133. The molecule has 170 valence electrons. The molecule has 8 heteroatoms. The fourth-order valence-corrected chi connectivity index (χ4v) is 4.87. The van der Waals surface area contributed by atoms with E-state index in [1.54, 1.807) is 12.0 Å². The number of nitrogens with zero attached hydrogens (tertiary/aromatic N) is 1. The summed E-state index contributed by atoms with van der Waals surface area (Å²) in [6, 6.07) is 11.6. The van der Waals surface area contributed by atoms with E-state index in [1.165, 1.54) is 0 Å². The highest BCUT2D eigenvalue weighted by molar-refractivity contribution is 6.34. The quantitative estimate of drug-likeness (QED) is 0.614. The van der Waals surface area contributed by atoms with Crippen molar-refractivity contribution in [2.45, 2.75) is 44.7 Å². The van der Waals surface area contributed by atoms with Crippen LogP contribution in [0.2, 0.25) is 5.02 Å². The summed E-state index contributed by atoms with van der Waals surface area (Å²) in [5, 5.41) is 15.7. The van der Waals surface area contributed by atoms with E-state index in [9.17, 15) is 4.79 Å². The first-order chi connectivity index (χ1) is 15.3. The topological polar surface area (TPSA) is 86.7 Å². The van der Waals surface area contributed by atoms with Crippen LogP contribution in [-0.2, 0) is 15.1 Å². The van der Waals surface area contributed by atoms with Crippen LogP contribution in [0.3, 0.4) is 0 Å². The van der Waals surface area contributed by atoms with Crippen molar-refractivity contribution in [3.63, 3.8) is 0 Å². The van der Waals surface area contributed by atoms with Crippen molar-refractivity contribution in [2.75, 3.05) is 25.6 Å². The van der Waals surface area contributed by atoms with Gasteiger partial charge in [0.2, 0.25) is 5.91 Å². The molecule has 0 radical (unpaired) electrons. The SMILES string of the molecule is COc1ccc(C)cc1Nc1cccc([C@]2(C)CC(=O)N(C3CCOCC3)C(=N)N2)c1Cl. The monoisotopic (exact) mass is 456 g/mol. The molecule has 2 fully saturated rings. The minimum absolute atomic E-state index is 0.00180. The van der Waals surface area contributed by atoms with Gasteiger partial charge >= 0.3 is 0 Å². The molecular weight excluding hydrogens is 428 g/mol. The number of ether oxygens (including phenoxy) is 2. The third kappa shape index (κ3) is 4.27. The number of nitrogens with one attached hydrogen (secondary N) is 3. The second-order valence-corrected chi connectivity index (χ2v) is 8.96. The van der Waals surface area contributed by atoms with Crippen molar-refractivity contribution in [1.29, 1.82) is 5.41 Å². The molecule has 2 aromatic carbocycles. The van der Waals surface area contributed by atoms with E-state index in [0.717, 1.165) is 29.7 Å². The van der Waals surface area contributed by atoms with Gasteiger partial charge in [0.1, 0.15) is 5.75 Å². The number of benzene rings is 2. The van der Waals surface area contributed by atoms with Crippen LogP contribution in [0, 0.1) is 12.3 Å². The van der Waals surface area contributed by atoms with Crippen LogP contribution in [0.5, 0.6) is 5.75 Å². The van der Waals surface area contributed by atoms with Crippen LogP contribution >= 0.6 is 11.6 Å². The van der Waals surface area contributed by atoms with Crippen LogP contribution in [0.15, 0.2) is 36.4 Å². The molecule has 0 saturated carbocycles. The molecule has 2 heterocycles. The van der Waals surface area contributed by atoms with E-state index in [4.69, 9.17) is 26.5 Å². The molecule has 0 spiro atoms. The molecule has 3 N–H and O–H groups in total. The Morgan fingerprint density at radius 3 is 2.69 bits per heavy atom. The van der Waals surface area contributed by atoms with Crippen LogP contribution in [0.4, 0.5) is 11.4 Å². The highest BCUT2D eigenvalue weighted by atomic mass is 35.5. The van der Waals surface area contributed by atoms with Gasteiger partial charge in [-0.05, 0) is 56.0 Å². The minimum Gasteiger partial charge on any atom is -0.495 e. The lowest BCUT2D eigenvalue weighted by Crippen LogP contribution is -2.62. The Balaban J connectivity index is 1.61. The molecule has 0 bridgehead atoms. The maximum Gasteiger partial charge on any atom is 0.232 e. The summed E-state index contributed by atoms with van der Waals surface area (Å²) in [4.78, 5) is 14.7. The van der Waals surface area contributed by atoms with Gasteiger partial charge in [0.25, 0.3) is 0 Å². The van der Waals surface area contributed by atoms with Gasteiger partial charge in [0.05, 0.1) is 35.5 Å². The second kappa shape index (κ2) is 9.00. The minimum atomic E-state index is -0.790. The number of methoxy groups -OCH3 is 1. The van der Waals surface area contributed by atoms with Crippen molar-refractivity contribution in [1.82, 2.24) is 10.2 Å². The molecule has 2 saturated heterocycles. The number of rotatable bonds is 5. The molecule has 1 atom stereocenters. The number of hydrogen-bond donors (Lipinski definition) is 3. The molecule has 0 aromatic heterocycles. The fourth-order valence-electron chi connectivity index (χ4n) is 4.49. The van der Waals surface area contributed by atoms with E-state index >= 15 is 0 Å². The summed E-state index contributed by atoms with van der Waals surface area (Å²) < 4.78 is 10.9. The summed E-state index contributed by atoms with van der Waals surface area (Å²) in [6.45, 7) is 5.15. The molecule has 2 aliphatic heterocycles. The van der Waals surface area contributed by atoms with Gasteiger partial charge < -0.3 is 20.1 Å². The van der Waals surface area contributed by atoms with Crippen molar-refractivity contribution in [3.8, 4) is 5.75 Å². The van der Waals surface area contributed by atoms with Gasteiger partial charge in [-0.25, -0.2) is 0 Å². The number of carbonyl (C=O) groups excluding carboxylic acids is 1. The molecule has 32 heavy (non-hydrogen) atoms. The molecule has 2 aromatic rings. The number of carbonyl (C=O) groups is 1. The zero-order valence-corrected chi connectivity index (χ0v) is 19.4. The Morgan fingerprint density at radius 1 is 1.25 bits per heavy atom. The van der Waals surface area contributed by atoms with E-state index in [-0.39, 0.29) is 24.3 Å². The summed E-state index contributed by atoms with van der Waals surface area (Å²) in [7, 11) is 1.63. The van der Waals surface area contributed by atoms with Crippen molar-refractivity contribution in [2.24, 2.45) is 0 Å². The summed E-state index contributed by atoms with van der Waals surface area (Å²) in [5.74, 6) is 0.756. The van der Waals surface area contributed by atoms with E-state index in [0.29, 0.717) is 29.7 Å². The molecule has 2 aliphatic rings. The Hall–Kier alpha value is -2.77. The molecule has 0 aliphatic carbocycles. The predicted molar refractivity (Wildman–Crippen MR) is 126 cm³/mol. The fraction of sp³-hybridized carbons (Fsp3) is 0.417. The largest absolute Gasteiger partial charge is 0.495 e. The van der Waals surface area contributed by atoms with Crippen LogP contribution in [0.1, 0.15) is 37.3 Å². The van der Waals surface area contributed by atoms with Gasteiger partial charge in [0.15, 0.2) is 5.96 Å². The number of anilines is 2. The normalized spacial score (nSPS) is 21.9. The van der Waals surface area contributed by atoms with E-state index in [2.05, 4.69) is 10.6 Å². The van der Waals surface area contributed by atoms with Gasteiger partial charge in [-0.3, -0.25) is 15.1 Å². The van der Waals surface area contributed by atoms with Crippen molar-refractivity contribution < 1.29 is 14.3 Å². The molecule has 0 unspecified atom stereocenters. The number of hydrogen-bond acceptors (Lipinski definition) is 5. The molecule has 1 amide bonds. The standard InChI is InChI=1S/C24H29ClN4O3/c1-15-7-8-20(31-3)19(13-15)27-18-6-4-5-17(22(18)25)24(2)14-21(30)29(23(26)28-24)16-9-11-32-12-10-16/h4-8,13,16,27H,9-12,14H2,1-3H3,(H2,26,28)/t24-/m0/s1. The Labute approximate surface area is 193 Å². The first-order valence-corrected chi connectivity index (χ1v) is 11.2. The highest BCUT2D eigenvalue weighted by Gasteiger charge is 2.43. The Bertz CT molecular complexity index is 1020. The van der Waals surface area contributed by atoms with E-state index < -0.39 is 5.54 Å². The summed E-state index contributed by atoms with van der Waals surface area (Å²) in [5.41, 5.74) is 2.58. The van der Waals surface area contributed by atoms with Crippen LogP contribution in [0.25, 0.3) is 0 Å². The number of guanidine groups is 1. The molecule has 4 rings (SSSR count). The van der Waals surface area contributed by atoms with E-state index in [1.807, 2.05) is 50.2 Å². The maximum absolute atomic E-state index is 13.1.